The Kier molecular flexibility index (Phi) is 1.49. The molecule has 5 nitrogen and oxygen atoms in total. The first-order valence-electron chi connectivity index (χ1n) is 4.40. The molecule has 5 heteroatoms. The van der Waals surface area contributed by atoms with Gasteiger partial charge in [0.2, 0.25) is 0 Å². The van der Waals surface area contributed by atoms with Crippen molar-refractivity contribution in [3.8, 4) is 0 Å². The summed E-state index contributed by atoms with van der Waals surface area (Å²) in [6.07, 6.45) is 1.79. The number of ether oxygens (including phenoxy) is 1. The van der Waals surface area contributed by atoms with Crippen LogP contribution < -0.4 is 5.76 Å². The molecule has 1 fully saturated rings. The van der Waals surface area contributed by atoms with Crippen LogP contribution in [0.2, 0.25) is 0 Å². The molecule has 14 heavy (non-hydrogen) atoms. The van der Waals surface area contributed by atoms with E-state index in [4.69, 9.17) is 9.15 Å². The average molecular weight is 192 g/mol. The summed E-state index contributed by atoms with van der Waals surface area (Å²) in [4.78, 5) is 15.5. The number of rotatable bonds is 2. The molecule has 2 aromatic rings. The third-order valence-electron chi connectivity index (χ3n) is 2.21. The fraction of sp³-hybridized carbons (Fsp3) is 0.333. The van der Waals surface area contributed by atoms with Crippen LogP contribution in [0.4, 0.5) is 0 Å². The van der Waals surface area contributed by atoms with Gasteiger partial charge in [-0.15, -0.1) is 0 Å². The van der Waals surface area contributed by atoms with E-state index in [9.17, 15) is 4.79 Å². The number of epoxide rings is 1. The van der Waals surface area contributed by atoms with Crippen LogP contribution >= 0.6 is 0 Å². The molecule has 0 amide bonds. The molecule has 72 valence electrons. The third-order valence-corrected chi connectivity index (χ3v) is 2.21. The van der Waals surface area contributed by atoms with Crippen LogP contribution in [-0.2, 0) is 11.3 Å². The van der Waals surface area contributed by atoms with Crippen LogP contribution in [-0.4, -0.2) is 22.3 Å². The molecule has 2 aromatic heterocycles. The van der Waals surface area contributed by atoms with Crippen LogP contribution in [0.1, 0.15) is 0 Å². The monoisotopic (exact) mass is 192 g/mol. The van der Waals surface area contributed by atoms with Gasteiger partial charge in [0.1, 0.15) is 0 Å². The van der Waals surface area contributed by atoms with Gasteiger partial charge in [-0.1, -0.05) is 0 Å². The highest BCUT2D eigenvalue weighted by atomic mass is 16.6. The molecule has 1 aliphatic rings. The molecule has 3 heterocycles. The first-order chi connectivity index (χ1) is 6.84. The van der Waals surface area contributed by atoms with Crippen LogP contribution in [0.15, 0.2) is 27.5 Å². The van der Waals surface area contributed by atoms with E-state index in [1.807, 2.05) is 0 Å². The number of oxazole rings is 1. The Morgan fingerprint density at radius 3 is 3.29 bits per heavy atom. The summed E-state index contributed by atoms with van der Waals surface area (Å²) in [5, 5.41) is 0. The number of pyridine rings is 1. The minimum absolute atomic E-state index is 0.149. The largest absolute Gasteiger partial charge is 0.421 e. The topological polar surface area (TPSA) is 60.6 Å². The maximum absolute atomic E-state index is 11.4. The van der Waals surface area contributed by atoms with Crippen molar-refractivity contribution in [1.29, 1.82) is 0 Å². The van der Waals surface area contributed by atoms with Crippen LogP contribution in [0, 0.1) is 0 Å². The lowest BCUT2D eigenvalue weighted by Crippen LogP contribution is -2.17. The van der Waals surface area contributed by atoms with E-state index in [1.165, 1.54) is 4.57 Å². The molecule has 1 unspecified atom stereocenters. The second kappa shape index (κ2) is 2.68. The van der Waals surface area contributed by atoms with E-state index >= 15 is 0 Å². The SMILES string of the molecule is O=c1oc2cccnc2n1CC1CO1. The Hall–Kier alpha value is -1.62. The normalized spacial score (nSPS) is 20.1. The Morgan fingerprint density at radius 1 is 1.64 bits per heavy atom. The van der Waals surface area contributed by atoms with Gasteiger partial charge in [-0.05, 0) is 12.1 Å². The highest BCUT2D eigenvalue weighted by Gasteiger charge is 2.25. The number of nitrogens with zero attached hydrogens (tertiary/aromatic N) is 2. The number of hydrogen-bond donors (Lipinski definition) is 0. The van der Waals surface area contributed by atoms with Gasteiger partial charge in [0.05, 0.1) is 19.3 Å². The van der Waals surface area contributed by atoms with Gasteiger partial charge in [0, 0.05) is 6.20 Å². The lowest BCUT2D eigenvalue weighted by atomic mass is 10.4. The molecule has 0 N–H and O–H groups in total. The second-order valence-electron chi connectivity index (χ2n) is 3.26. The zero-order chi connectivity index (χ0) is 9.54. The standard InChI is InChI=1S/C9H8N2O3/c12-9-11(4-6-5-13-6)8-7(14-9)2-1-3-10-8/h1-3,6H,4-5H2. The quantitative estimate of drug-likeness (QED) is 0.646. The zero-order valence-electron chi connectivity index (χ0n) is 7.34. The maximum atomic E-state index is 11.4. The number of hydrogen-bond acceptors (Lipinski definition) is 4. The highest BCUT2D eigenvalue weighted by molar-refractivity contribution is 5.67. The van der Waals surface area contributed by atoms with Gasteiger partial charge in [-0.25, -0.2) is 9.78 Å². The molecule has 0 aromatic carbocycles. The molecule has 0 spiro atoms. The second-order valence-corrected chi connectivity index (χ2v) is 3.26. The summed E-state index contributed by atoms with van der Waals surface area (Å²) >= 11 is 0. The van der Waals surface area contributed by atoms with Gasteiger partial charge < -0.3 is 9.15 Å². The molecule has 1 atom stereocenters. The summed E-state index contributed by atoms with van der Waals surface area (Å²) in [5.41, 5.74) is 1.12. The molecule has 0 radical (unpaired) electrons. The lowest BCUT2D eigenvalue weighted by molar-refractivity contribution is 0.374. The van der Waals surface area contributed by atoms with Crippen molar-refractivity contribution in [3.63, 3.8) is 0 Å². The van der Waals surface area contributed by atoms with Crippen molar-refractivity contribution in [1.82, 2.24) is 9.55 Å². The molecule has 1 aliphatic heterocycles. The Bertz CT molecular complexity index is 524. The molecule has 0 aliphatic carbocycles. The van der Waals surface area contributed by atoms with Crippen LogP contribution in [0.5, 0.6) is 0 Å². The van der Waals surface area contributed by atoms with E-state index in [0.29, 0.717) is 24.4 Å². The summed E-state index contributed by atoms with van der Waals surface area (Å²) < 4.78 is 11.6. The zero-order valence-corrected chi connectivity index (χ0v) is 7.34. The minimum Gasteiger partial charge on any atom is -0.406 e. The van der Waals surface area contributed by atoms with Crippen molar-refractivity contribution in [2.24, 2.45) is 0 Å². The lowest BCUT2D eigenvalue weighted by Gasteiger charge is -1.95. The van der Waals surface area contributed by atoms with Crippen molar-refractivity contribution in [3.05, 3.63) is 28.9 Å². The van der Waals surface area contributed by atoms with Gasteiger partial charge in [0.15, 0.2) is 11.2 Å². The summed E-state index contributed by atoms with van der Waals surface area (Å²) in [7, 11) is 0. The molecular formula is C9H8N2O3. The Balaban J connectivity index is 2.18. The number of fused-ring (bicyclic) bond motifs is 1. The predicted octanol–water partition coefficient (Wildman–Crippen LogP) is 0.388. The molecule has 1 saturated heterocycles. The fourth-order valence-electron chi connectivity index (χ4n) is 1.44. The number of aromatic nitrogens is 2. The van der Waals surface area contributed by atoms with Crippen molar-refractivity contribution < 1.29 is 9.15 Å². The maximum Gasteiger partial charge on any atom is 0.421 e. The fourth-order valence-corrected chi connectivity index (χ4v) is 1.44. The van der Waals surface area contributed by atoms with Gasteiger partial charge >= 0.3 is 5.76 Å². The third kappa shape index (κ3) is 1.13. The van der Waals surface area contributed by atoms with Crippen molar-refractivity contribution in [2.75, 3.05) is 6.61 Å². The van der Waals surface area contributed by atoms with E-state index < -0.39 is 0 Å². The van der Waals surface area contributed by atoms with Gasteiger partial charge in [-0.2, -0.15) is 0 Å². The van der Waals surface area contributed by atoms with E-state index in [-0.39, 0.29) is 11.9 Å². The van der Waals surface area contributed by atoms with Gasteiger partial charge in [0.25, 0.3) is 0 Å². The summed E-state index contributed by atoms with van der Waals surface area (Å²) in [5.74, 6) is -0.366. The molecule has 3 rings (SSSR count). The van der Waals surface area contributed by atoms with Crippen LogP contribution in [0.3, 0.4) is 0 Å². The Morgan fingerprint density at radius 2 is 2.50 bits per heavy atom. The van der Waals surface area contributed by atoms with Crippen molar-refractivity contribution in [2.45, 2.75) is 12.6 Å². The van der Waals surface area contributed by atoms with E-state index in [0.717, 1.165) is 0 Å². The van der Waals surface area contributed by atoms with Crippen LogP contribution in [0.25, 0.3) is 11.2 Å². The smallest absolute Gasteiger partial charge is 0.406 e. The predicted molar refractivity (Wildman–Crippen MR) is 48.0 cm³/mol. The average Bonchev–Trinajstić information content (AvgIpc) is 2.93. The highest BCUT2D eigenvalue weighted by Crippen LogP contribution is 2.14. The first kappa shape index (κ1) is 7.75. The molecule has 0 bridgehead atoms. The van der Waals surface area contributed by atoms with Crippen molar-refractivity contribution >= 4 is 11.2 Å². The van der Waals surface area contributed by atoms with Gasteiger partial charge in [-0.3, -0.25) is 4.57 Å². The minimum atomic E-state index is -0.366. The summed E-state index contributed by atoms with van der Waals surface area (Å²) in [6.45, 7) is 1.24. The first-order valence-corrected chi connectivity index (χ1v) is 4.40. The molecule has 0 saturated carbocycles. The Labute approximate surface area is 78.9 Å². The van der Waals surface area contributed by atoms with E-state index in [2.05, 4.69) is 4.98 Å². The summed E-state index contributed by atoms with van der Waals surface area (Å²) in [6, 6.07) is 3.47. The molecular weight excluding hydrogens is 184 g/mol. The van der Waals surface area contributed by atoms with E-state index in [1.54, 1.807) is 18.3 Å².